The number of rotatable bonds is 4. The van der Waals surface area contributed by atoms with Crippen LogP contribution in [0.15, 0.2) is 83.5 Å². The van der Waals surface area contributed by atoms with Crippen LogP contribution in [-0.4, -0.2) is 14.2 Å². The molecule has 6 heteroatoms. The number of ketones is 1. The smallest absolute Gasteiger partial charge is 0.339 e. The van der Waals surface area contributed by atoms with Crippen molar-refractivity contribution in [2.24, 2.45) is 0 Å². The van der Waals surface area contributed by atoms with Gasteiger partial charge in [-0.15, -0.1) is 0 Å². The molecular weight excluding hydrogens is 376 g/mol. The highest BCUT2D eigenvalue weighted by atomic mass is 32.2. The molecule has 0 radical (unpaired) electrons. The van der Waals surface area contributed by atoms with Crippen molar-refractivity contribution in [1.29, 1.82) is 0 Å². The van der Waals surface area contributed by atoms with Crippen LogP contribution in [0.1, 0.15) is 21.5 Å². The van der Waals surface area contributed by atoms with Crippen LogP contribution in [-0.2, 0) is 10.1 Å². The Kier molecular flexibility index (Phi) is 4.49. The van der Waals surface area contributed by atoms with Crippen LogP contribution in [0.4, 0.5) is 0 Å². The zero-order chi connectivity index (χ0) is 19.7. The molecule has 140 valence electrons. The van der Waals surface area contributed by atoms with Crippen molar-refractivity contribution >= 4 is 22.0 Å². The van der Waals surface area contributed by atoms with Gasteiger partial charge in [0.1, 0.15) is 16.4 Å². The molecule has 0 atom stereocenters. The molecular formula is C22H16O5S. The van der Waals surface area contributed by atoms with E-state index >= 15 is 0 Å². The summed E-state index contributed by atoms with van der Waals surface area (Å²) in [7, 11) is -3.98. The number of ether oxygens (including phenoxy) is 1. The average molecular weight is 392 g/mol. The van der Waals surface area contributed by atoms with E-state index < -0.39 is 10.1 Å². The number of fused-ring (bicyclic) bond motifs is 1. The number of allylic oxidation sites excluding steroid dienone is 1. The lowest BCUT2D eigenvalue weighted by atomic mass is 10.1. The average Bonchev–Trinajstić information content (AvgIpc) is 2.97. The number of carbonyl (C=O) groups excluding carboxylic acids is 1. The molecule has 0 saturated carbocycles. The zero-order valence-electron chi connectivity index (χ0n) is 15.0. The summed E-state index contributed by atoms with van der Waals surface area (Å²) in [5.41, 5.74) is 2.14. The Morgan fingerprint density at radius 1 is 0.929 bits per heavy atom. The van der Waals surface area contributed by atoms with Gasteiger partial charge in [-0.1, -0.05) is 48.0 Å². The summed E-state index contributed by atoms with van der Waals surface area (Å²) in [4.78, 5) is 12.6. The van der Waals surface area contributed by atoms with Crippen molar-refractivity contribution < 1.29 is 22.1 Å². The van der Waals surface area contributed by atoms with E-state index in [9.17, 15) is 13.2 Å². The maximum absolute atomic E-state index is 12.5. The molecule has 1 heterocycles. The second-order valence-corrected chi connectivity index (χ2v) is 7.91. The molecule has 0 N–H and O–H groups in total. The first-order chi connectivity index (χ1) is 13.4. The van der Waals surface area contributed by atoms with Crippen LogP contribution in [0.2, 0.25) is 0 Å². The van der Waals surface area contributed by atoms with E-state index in [1.807, 2.05) is 37.3 Å². The highest BCUT2D eigenvalue weighted by Gasteiger charge is 2.28. The van der Waals surface area contributed by atoms with E-state index in [0.29, 0.717) is 5.56 Å². The maximum atomic E-state index is 12.5. The molecule has 0 spiro atoms. The molecule has 4 rings (SSSR count). The van der Waals surface area contributed by atoms with Crippen molar-refractivity contribution in [2.75, 3.05) is 0 Å². The SMILES string of the molecule is Cc1ccc(S(=O)(=O)Oc2ccc3c(c2)O/C(=C\c2ccccc2)C3=O)cc1. The second-order valence-electron chi connectivity index (χ2n) is 6.36. The fourth-order valence-corrected chi connectivity index (χ4v) is 3.72. The summed E-state index contributed by atoms with van der Waals surface area (Å²) in [6.45, 7) is 1.87. The summed E-state index contributed by atoms with van der Waals surface area (Å²) in [5, 5.41) is 0. The highest BCUT2D eigenvalue weighted by molar-refractivity contribution is 7.87. The number of benzene rings is 3. The topological polar surface area (TPSA) is 69.7 Å². The predicted molar refractivity (Wildman–Crippen MR) is 105 cm³/mol. The number of aryl methyl sites for hydroxylation is 1. The van der Waals surface area contributed by atoms with Gasteiger partial charge in [0.15, 0.2) is 5.76 Å². The van der Waals surface area contributed by atoms with Crippen LogP contribution < -0.4 is 8.92 Å². The van der Waals surface area contributed by atoms with E-state index in [-0.39, 0.29) is 27.9 Å². The molecule has 1 aliphatic heterocycles. The molecule has 0 fully saturated rings. The molecule has 0 unspecified atom stereocenters. The normalized spacial score (nSPS) is 14.6. The number of hydrogen-bond acceptors (Lipinski definition) is 5. The minimum absolute atomic E-state index is 0.0558. The molecule has 0 bridgehead atoms. The highest BCUT2D eigenvalue weighted by Crippen LogP contribution is 2.35. The summed E-state index contributed by atoms with van der Waals surface area (Å²) in [5.74, 6) is 0.267. The molecule has 0 aromatic heterocycles. The predicted octanol–water partition coefficient (Wildman–Crippen LogP) is 4.38. The lowest BCUT2D eigenvalue weighted by Crippen LogP contribution is -2.09. The van der Waals surface area contributed by atoms with Gasteiger partial charge in [-0.3, -0.25) is 4.79 Å². The number of hydrogen-bond donors (Lipinski definition) is 0. The van der Waals surface area contributed by atoms with Gasteiger partial charge in [-0.2, -0.15) is 8.42 Å². The molecule has 5 nitrogen and oxygen atoms in total. The fraction of sp³-hybridized carbons (Fsp3) is 0.0455. The third kappa shape index (κ3) is 3.54. The molecule has 1 aliphatic rings. The van der Waals surface area contributed by atoms with Gasteiger partial charge in [0.2, 0.25) is 5.78 Å². The Labute approximate surface area is 163 Å². The van der Waals surface area contributed by atoms with Crippen LogP contribution >= 0.6 is 0 Å². The minimum Gasteiger partial charge on any atom is -0.452 e. The first kappa shape index (κ1) is 18.0. The quantitative estimate of drug-likeness (QED) is 0.487. The maximum Gasteiger partial charge on any atom is 0.339 e. The largest absolute Gasteiger partial charge is 0.452 e. The van der Waals surface area contributed by atoms with Crippen molar-refractivity contribution in [3.63, 3.8) is 0 Å². The lowest BCUT2D eigenvalue weighted by Gasteiger charge is -2.08. The Hall–Kier alpha value is -3.38. The van der Waals surface area contributed by atoms with Crippen LogP contribution in [0.5, 0.6) is 11.5 Å². The Bertz CT molecular complexity index is 1180. The third-order valence-corrected chi connectivity index (χ3v) is 5.52. The first-order valence-corrected chi connectivity index (χ1v) is 9.98. The fourth-order valence-electron chi connectivity index (χ4n) is 2.80. The second kappa shape index (κ2) is 6.98. The number of carbonyl (C=O) groups is 1. The molecule has 28 heavy (non-hydrogen) atoms. The molecule has 0 amide bonds. The van der Waals surface area contributed by atoms with Crippen molar-refractivity contribution in [3.8, 4) is 11.5 Å². The van der Waals surface area contributed by atoms with Gasteiger partial charge >= 0.3 is 10.1 Å². The summed E-state index contributed by atoms with van der Waals surface area (Å²) >= 11 is 0. The van der Waals surface area contributed by atoms with E-state index in [4.69, 9.17) is 8.92 Å². The van der Waals surface area contributed by atoms with Crippen LogP contribution in [0.25, 0.3) is 6.08 Å². The van der Waals surface area contributed by atoms with E-state index in [1.54, 1.807) is 18.2 Å². The summed E-state index contributed by atoms with van der Waals surface area (Å²) < 4.78 is 35.7. The minimum atomic E-state index is -3.98. The molecule has 3 aromatic rings. The van der Waals surface area contributed by atoms with Gasteiger partial charge in [0.25, 0.3) is 0 Å². The monoisotopic (exact) mass is 392 g/mol. The zero-order valence-corrected chi connectivity index (χ0v) is 15.8. The summed E-state index contributed by atoms with van der Waals surface area (Å²) in [6, 6.07) is 20.0. The third-order valence-electron chi connectivity index (χ3n) is 4.25. The number of Topliss-reactive ketones (excluding diaryl/α,β-unsaturated/α-hetero) is 1. The van der Waals surface area contributed by atoms with Gasteiger partial charge in [0.05, 0.1) is 5.56 Å². The van der Waals surface area contributed by atoms with Crippen molar-refractivity contribution in [2.45, 2.75) is 11.8 Å². The van der Waals surface area contributed by atoms with Crippen molar-refractivity contribution in [1.82, 2.24) is 0 Å². The van der Waals surface area contributed by atoms with Crippen molar-refractivity contribution in [3.05, 3.63) is 95.2 Å². The lowest BCUT2D eigenvalue weighted by molar-refractivity contribution is 0.101. The van der Waals surface area contributed by atoms with Gasteiger partial charge < -0.3 is 8.92 Å². The van der Waals surface area contributed by atoms with E-state index in [1.165, 1.54) is 30.3 Å². The Balaban J connectivity index is 1.60. The van der Waals surface area contributed by atoms with E-state index in [0.717, 1.165) is 11.1 Å². The van der Waals surface area contributed by atoms with Crippen LogP contribution in [0, 0.1) is 6.92 Å². The molecule has 0 saturated heterocycles. The standard InChI is InChI=1S/C22H16O5S/c1-15-7-10-18(11-8-15)28(24,25)27-17-9-12-19-20(14-17)26-21(22(19)23)13-16-5-3-2-4-6-16/h2-14H,1H3/b21-13-. The Morgan fingerprint density at radius 2 is 1.64 bits per heavy atom. The van der Waals surface area contributed by atoms with Gasteiger partial charge in [-0.25, -0.2) is 0 Å². The van der Waals surface area contributed by atoms with Gasteiger partial charge in [-0.05, 0) is 42.8 Å². The van der Waals surface area contributed by atoms with Crippen LogP contribution in [0.3, 0.4) is 0 Å². The molecule has 0 aliphatic carbocycles. The van der Waals surface area contributed by atoms with E-state index in [2.05, 4.69) is 0 Å². The molecule has 3 aromatic carbocycles. The van der Waals surface area contributed by atoms with Gasteiger partial charge in [0, 0.05) is 6.07 Å². The Morgan fingerprint density at radius 3 is 2.36 bits per heavy atom. The summed E-state index contributed by atoms with van der Waals surface area (Å²) in [6.07, 6.45) is 1.64. The first-order valence-electron chi connectivity index (χ1n) is 8.57.